The van der Waals surface area contributed by atoms with Crippen LogP contribution in [0.2, 0.25) is 0 Å². The Balaban J connectivity index is -0.000000743. The lowest BCUT2D eigenvalue weighted by Gasteiger charge is -2.12. The van der Waals surface area contributed by atoms with E-state index >= 15 is 0 Å². The molecule has 0 atom stereocenters. The molecular formula is C28H56N4O4S2. The van der Waals surface area contributed by atoms with Crippen LogP contribution in [-0.4, -0.2) is 66.3 Å². The van der Waals surface area contributed by atoms with Crippen molar-refractivity contribution in [2.45, 2.75) is 67.3 Å². The number of carbonyl (C=O) groups is 4. The van der Waals surface area contributed by atoms with Gasteiger partial charge in [0.2, 0.25) is 0 Å². The molecule has 0 saturated heterocycles. The Morgan fingerprint density at radius 1 is 0.737 bits per heavy atom. The van der Waals surface area contributed by atoms with Crippen molar-refractivity contribution in [2.24, 2.45) is 5.92 Å². The van der Waals surface area contributed by atoms with E-state index in [1.807, 2.05) is 27.7 Å². The molecule has 8 nitrogen and oxygen atoms in total. The summed E-state index contributed by atoms with van der Waals surface area (Å²) < 4.78 is 0. The van der Waals surface area contributed by atoms with E-state index in [1.54, 1.807) is 41.7 Å². The van der Waals surface area contributed by atoms with Gasteiger partial charge in [0, 0.05) is 66.9 Å². The fourth-order valence-electron chi connectivity index (χ4n) is 3.06. The molecule has 0 aliphatic rings. The lowest BCUT2D eigenvalue weighted by atomic mass is 10.0. The number of benzene rings is 1. The number of hydrogen-bond donors (Lipinski definition) is 4. The second kappa shape index (κ2) is 22.8. The first-order valence-electron chi connectivity index (χ1n) is 13.7. The van der Waals surface area contributed by atoms with Crippen molar-refractivity contribution in [3.63, 3.8) is 0 Å². The minimum atomic E-state index is -0.409. The van der Waals surface area contributed by atoms with E-state index < -0.39 is 6.03 Å². The van der Waals surface area contributed by atoms with Gasteiger partial charge in [0.25, 0.3) is 11.8 Å². The monoisotopic (exact) mass is 576 g/mol. The molecule has 0 fully saturated rings. The number of rotatable bonds is 18. The summed E-state index contributed by atoms with van der Waals surface area (Å²) in [5, 5.41) is 11.2. The molecule has 0 saturated carbocycles. The van der Waals surface area contributed by atoms with Gasteiger partial charge in [-0.1, -0.05) is 41.5 Å². The Labute approximate surface area is 243 Å². The first-order valence-corrected chi connectivity index (χ1v) is 16.0. The summed E-state index contributed by atoms with van der Waals surface area (Å²) in [7, 11) is 0. The summed E-state index contributed by atoms with van der Waals surface area (Å²) in [6, 6.07) is 4.55. The number of urea groups is 1. The van der Waals surface area contributed by atoms with Crippen LogP contribution in [0.25, 0.3) is 0 Å². The summed E-state index contributed by atoms with van der Waals surface area (Å²) in [5.41, 5.74) is 1.40. The molecule has 0 aliphatic carbocycles. The number of thioether (sulfide) groups is 2. The highest BCUT2D eigenvalue weighted by atomic mass is 32.2. The minimum absolute atomic E-state index is 0. The molecule has 0 unspecified atom stereocenters. The molecule has 1 rings (SSSR count). The Morgan fingerprint density at radius 3 is 1.68 bits per heavy atom. The number of carbonyl (C=O) groups excluding carboxylic acids is 4. The van der Waals surface area contributed by atoms with Crippen molar-refractivity contribution in [1.29, 1.82) is 0 Å². The van der Waals surface area contributed by atoms with Gasteiger partial charge in [0.15, 0.2) is 0 Å². The van der Waals surface area contributed by atoms with Crippen LogP contribution in [0.4, 0.5) is 4.79 Å². The zero-order valence-corrected chi connectivity index (χ0v) is 25.7. The fraction of sp³-hybridized carbons (Fsp3) is 0.643. The molecule has 0 aromatic heterocycles. The van der Waals surface area contributed by atoms with E-state index in [0.717, 1.165) is 35.9 Å². The van der Waals surface area contributed by atoms with E-state index in [4.69, 9.17) is 0 Å². The van der Waals surface area contributed by atoms with Gasteiger partial charge in [-0.2, -0.15) is 23.5 Å². The number of hydrogen-bond acceptors (Lipinski definition) is 6. The fourth-order valence-corrected chi connectivity index (χ4v) is 4.54. The second-order valence-corrected chi connectivity index (χ2v) is 11.1. The summed E-state index contributed by atoms with van der Waals surface area (Å²) in [5.74, 6) is 3.26. The van der Waals surface area contributed by atoms with Crippen molar-refractivity contribution in [3.8, 4) is 0 Å². The van der Waals surface area contributed by atoms with Crippen LogP contribution in [-0.2, 0) is 11.3 Å². The van der Waals surface area contributed by atoms with E-state index in [1.165, 1.54) is 0 Å². The highest BCUT2D eigenvalue weighted by Gasteiger charge is 2.14. The molecule has 0 spiro atoms. The van der Waals surface area contributed by atoms with E-state index in [9.17, 15) is 19.2 Å². The van der Waals surface area contributed by atoms with Crippen LogP contribution in [0.5, 0.6) is 0 Å². The zero-order chi connectivity index (χ0) is 28.8. The molecule has 224 valence electrons. The van der Waals surface area contributed by atoms with Crippen molar-refractivity contribution in [3.05, 3.63) is 34.9 Å². The summed E-state index contributed by atoms with van der Waals surface area (Å²) in [4.78, 5) is 49.4. The standard InChI is InChI=1S/C26H42N4O4S2.C2H6.4H2/c1-5-11-35-13-9-27-24(32)21-15-20(18-30-26(34)29-8-7-23(31)19(3)4)16-22(17-21)25(33)28-10-14-36-12-6-2;1-2;;;;/h15-17,19H,5-14,18H2,1-4H3,(H,27,32)(H,28,33)(H2,29,30,34);1-2H3;4*1H. The van der Waals surface area contributed by atoms with E-state index in [0.29, 0.717) is 29.8 Å². The van der Waals surface area contributed by atoms with Crippen molar-refractivity contribution in [1.82, 2.24) is 21.3 Å². The third-order valence-corrected chi connectivity index (χ3v) is 7.41. The molecule has 0 aliphatic heterocycles. The smallest absolute Gasteiger partial charge is 0.315 e. The van der Waals surface area contributed by atoms with Crippen molar-refractivity contribution in [2.75, 3.05) is 42.6 Å². The molecule has 38 heavy (non-hydrogen) atoms. The van der Waals surface area contributed by atoms with Gasteiger partial charge in [-0.25, -0.2) is 4.79 Å². The van der Waals surface area contributed by atoms with Crippen LogP contribution in [0.3, 0.4) is 0 Å². The summed E-state index contributed by atoms with van der Waals surface area (Å²) in [6.45, 7) is 13.4. The minimum Gasteiger partial charge on any atom is -0.351 e. The highest BCUT2D eigenvalue weighted by Crippen LogP contribution is 2.12. The Hall–Kier alpha value is -2.20. The lowest BCUT2D eigenvalue weighted by Crippen LogP contribution is -2.36. The lowest BCUT2D eigenvalue weighted by molar-refractivity contribution is -0.121. The molecule has 0 bridgehead atoms. The largest absolute Gasteiger partial charge is 0.351 e. The summed E-state index contributed by atoms with van der Waals surface area (Å²) in [6.07, 6.45) is 2.45. The predicted molar refractivity (Wildman–Crippen MR) is 171 cm³/mol. The number of amides is 4. The molecule has 4 N–H and O–H groups in total. The molecule has 1 aromatic carbocycles. The summed E-state index contributed by atoms with van der Waals surface area (Å²) >= 11 is 3.56. The molecule has 1 aromatic rings. The number of Topliss-reactive ketones (excluding diaryl/α,β-unsaturated/α-hetero) is 1. The first-order chi connectivity index (χ1) is 18.3. The predicted octanol–water partition coefficient (Wildman–Crippen LogP) is 5.86. The van der Waals surface area contributed by atoms with Crippen LogP contribution >= 0.6 is 23.5 Å². The van der Waals surface area contributed by atoms with E-state index in [2.05, 4.69) is 35.1 Å². The van der Waals surface area contributed by atoms with Gasteiger partial charge < -0.3 is 21.3 Å². The maximum atomic E-state index is 12.7. The van der Waals surface area contributed by atoms with E-state index in [-0.39, 0.29) is 48.7 Å². The van der Waals surface area contributed by atoms with Crippen LogP contribution in [0.1, 0.15) is 92.8 Å². The SMILES string of the molecule is CC.CCCSCCNC(=O)c1cc(CNC(=O)NCCC(=O)C(C)C)cc(C(=O)NCCSCCC)c1.[HH].[HH].[HH].[HH]. The molecule has 0 heterocycles. The van der Waals surface area contributed by atoms with Gasteiger partial charge in [-0.15, -0.1) is 0 Å². The van der Waals surface area contributed by atoms with Crippen molar-refractivity contribution >= 4 is 47.2 Å². The van der Waals surface area contributed by atoms with Crippen LogP contribution in [0, 0.1) is 5.92 Å². The Morgan fingerprint density at radius 2 is 1.24 bits per heavy atom. The average molecular weight is 577 g/mol. The maximum Gasteiger partial charge on any atom is 0.315 e. The third kappa shape index (κ3) is 16.6. The van der Waals surface area contributed by atoms with Crippen LogP contribution in [0.15, 0.2) is 18.2 Å². The molecule has 10 heteroatoms. The zero-order valence-electron chi connectivity index (χ0n) is 24.0. The van der Waals surface area contributed by atoms with Gasteiger partial charge in [-0.3, -0.25) is 14.4 Å². The normalized spacial score (nSPS) is 10.3. The van der Waals surface area contributed by atoms with Gasteiger partial charge in [0.05, 0.1) is 0 Å². The number of nitrogens with one attached hydrogen (secondary N) is 4. The first kappa shape index (κ1) is 35.8. The maximum absolute atomic E-state index is 12.7. The molecule has 4 amide bonds. The quantitative estimate of drug-likeness (QED) is 0.163. The third-order valence-electron chi connectivity index (χ3n) is 5.03. The highest BCUT2D eigenvalue weighted by molar-refractivity contribution is 7.99. The second-order valence-electron chi connectivity index (χ2n) is 8.64. The Kier molecular flexibility index (Phi) is 21.4. The topological polar surface area (TPSA) is 116 Å². The molecular weight excluding hydrogens is 520 g/mol. The van der Waals surface area contributed by atoms with Gasteiger partial charge in [-0.05, 0) is 48.1 Å². The molecule has 0 radical (unpaired) electrons. The number of ketones is 1. The average Bonchev–Trinajstić information content (AvgIpc) is 2.92. The van der Waals surface area contributed by atoms with Gasteiger partial charge >= 0.3 is 6.03 Å². The van der Waals surface area contributed by atoms with Crippen LogP contribution < -0.4 is 21.3 Å². The van der Waals surface area contributed by atoms with Crippen molar-refractivity contribution < 1.29 is 24.9 Å². The Bertz CT molecular complexity index is 825. The van der Waals surface area contributed by atoms with Gasteiger partial charge in [0.1, 0.15) is 5.78 Å².